The molecule has 0 spiro atoms. The van der Waals surface area contributed by atoms with Crippen LogP contribution in [0.3, 0.4) is 0 Å². The second-order valence-electron chi connectivity index (χ2n) is 3.28. The Morgan fingerprint density at radius 1 is 1.47 bits per heavy atom. The molecule has 3 nitrogen and oxygen atoms in total. The van der Waals surface area contributed by atoms with E-state index in [2.05, 4.69) is 28.7 Å². The highest BCUT2D eigenvalue weighted by Crippen LogP contribution is 2.27. The van der Waals surface area contributed by atoms with Gasteiger partial charge in [-0.15, -0.1) is 0 Å². The molecular formula is C11H12INO2. The first-order chi connectivity index (χ1) is 7.26. The minimum Gasteiger partial charge on any atom is -0.459 e. The van der Waals surface area contributed by atoms with Crippen molar-refractivity contribution in [3.63, 3.8) is 0 Å². The van der Waals surface area contributed by atoms with Gasteiger partial charge in [0.25, 0.3) is 0 Å². The molecule has 1 aromatic carbocycles. The number of hydrogen-bond acceptors (Lipinski definition) is 3. The van der Waals surface area contributed by atoms with Crippen molar-refractivity contribution in [2.45, 2.75) is 13.2 Å². The number of halogens is 1. The van der Waals surface area contributed by atoms with Gasteiger partial charge in [0.05, 0.1) is 13.2 Å². The van der Waals surface area contributed by atoms with E-state index in [9.17, 15) is 0 Å². The maximum atomic E-state index is 5.65. The minimum absolute atomic E-state index is 0.407. The zero-order chi connectivity index (χ0) is 10.8. The third-order valence-corrected chi connectivity index (χ3v) is 2.98. The first kappa shape index (κ1) is 10.9. The van der Waals surface area contributed by atoms with Gasteiger partial charge in [-0.25, -0.2) is 0 Å². The van der Waals surface area contributed by atoms with Crippen LogP contribution in [0.5, 0.6) is 0 Å². The first-order valence-electron chi connectivity index (χ1n) is 4.65. The van der Waals surface area contributed by atoms with Gasteiger partial charge in [-0.05, 0) is 40.8 Å². The van der Waals surface area contributed by atoms with Crippen LogP contribution in [0.25, 0.3) is 11.0 Å². The third-order valence-electron chi connectivity index (χ3n) is 2.31. The average Bonchev–Trinajstić information content (AvgIpc) is 2.57. The number of ether oxygens (including phenoxy) is 1. The van der Waals surface area contributed by atoms with E-state index in [-0.39, 0.29) is 0 Å². The van der Waals surface area contributed by atoms with Gasteiger partial charge in [-0.3, -0.25) is 0 Å². The predicted octanol–water partition coefficient (Wildman–Crippen LogP) is 2.64. The zero-order valence-electron chi connectivity index (χ0n) is 8.42. The van der Waals surface area contributed by atoms with E-state index in [1.807, 2.05) is 12.1 Å². The summed E-state index contributed by atoms with van der Waals surface area (Å²) in [6, 6.07) is 6.08. The van der Waals surface area contributed by atoms with Crippen LogP contribution in [-0.2, 0) is 17.9 Å². The number of nitrogens with two attached hydrogens (primary N) is 1. The van der Waals surface area contributed by atoms with E-state index in [1.54, 1.807) is 7.11 Å². The quantitative estimate of drug-likeness (QED) is 0.886. The molecule has 0 radical (unpaired) electrons. The summed E-state index contributed by atoms with van der Waals surface area (Å²) in [6.45, 7) is 0.948. The molecule has 80 valence electrons. The van der Waals surface area contributed by atoms with Crippen LogP contribution in [0.15, 0.2) is 22.6 Å². The van der Waals surface area contributed by atoms with Crippen molar-refractivity contribution in [1.82, 2.24) is 0 Å². The highest BCUT2D eigenvalue weighted by molar-refractivity contribution is 14.1. The number of rotatable bonds is 3. The summed E-state index contributed by atoms with van der Waals surface area (Å²) in [4.78, 5) is 0. The van der Waals surface area contributed by atoms with Gasteiger partial charge in [0.15, 0.2) is 0 Å². The van der Waals surface area contributed by atoms with Gasteiger partial charge in [0.1, 0.15) is 11.3 Å². The van der Waals surface area contributed by atoms with E-state index in [4.69, 9.17) is 14.9 Å². The molecule has 0 bridgehead atoms. The van der Waals surface area contributed by atoms with Crippen LogP contribution in [0.2, 0.25) is 0 Å². The molecule has 0 aliphatic rings. The van der Waals surface area contributed by atoms with Gasteiger partial charge in [0, 0.05) is 21.6 Å². The minimum atomic E-state index is 0.407. The summed E-state index contributed by atoms with van der Waals surface area (Å²) in [7, 11) is 1.67. The smallest absolute Gasteiger partial charge is 0.134 e. The van der Waals surface area contributed by atoms with E-state index in [0.29, 0.717) is 13.2 Å². The lowest BCUT2D eigenvalue weighted by atomic mass is 10.1. The van der Waals surface area contributed by atoms with Crippen molar-refractivity contribution in [3.05, 3.63) is 33.1 Å². The van der Waals surface area contributed by atoms with Gasteiger partial charge >= 0.3 is 0 Å². The molecule has 2 N–H and O–H groups in total. The predicted molar refractivity (Wildman–Crippen MR) is 67.5 cm³/mol. The van der Waals surface area contributed by atoms with Crippen LogP contribution >= 0.6 is 22.6 Å². The standard InChI is InChI=1S/C11H12INO2/c1-14-6-9-8-4-7(12)2-3-10(8)15-11(9)5-13/h2-4H,5-6,13H2,1H3. The molecule has 0 saturated heterocycles. The van der Waals surface area contributed by atoms with Gasteiger partial charge in [-0.1, -0.05) is 0 Å². The second kappa shape index (κ2) is 4.51. The Bertz CT molecular complexity index is 479. The molecule has 0 atom stereocenters. The molecule has 1 aromatic heterocycles. The molecule has 1 heterocycles. The van der Waals surface area contributed by atoms with Crippen molar-refractivity contribution in [2.24, 2.45) is 5.73 Å². The fourth-order valence-corrected chi connectivity index (χ4v) is 2.13. The maximum absolute atomic E-state index is 5.65. The maximum Gasteiger partial charge on any atom is 0.134 e. The van der Waals surface area contributed by atoms with E-state index in [1.165, 1.54) is 3.57 Å². The molecule has 0 aliphatic carbocycles. The highest BCUT2D eigenvalue weighted by Gasteiger charge is 2.12. The second-order valence-corrected chi connectivity index (χ2v) is 4.53. The molecule has 0 saturated carbocycles. The zero-order valence-corrected chi connectivity index (χ0v) is 10.6. The van der Waals surface area contributed by atoms with Crippen molar-refractivity contribution in [3.8, 4) is 0 Å². The number of furan rings is 1. The van der Waals surface area contributed by atoms with Crippen LogP contribution in [0, 0.1) is 3.57 Å². The Hall–Kier alpha value is -0.590. The molecule has 0 unspecified atom stereocenters. The number of methoxy groups -OCH3 is 1. The van der Waals surface area contributed by atoms with Crippen LogP contribution in [-0.4, -0.2) is 7.11 Å². The van der Waals surface area contributed by atoms with Crippen LogP contribution in [0.1, 0.15) is 11.3 Å². The fraction of sp³-hybridized carbons (Fsp3) is 0.273. The number of fused-ring (bicyclic) bond motifs is 1. The molecule has 0 amide bonds. The largest absolute Gasteiger partial charge is 0.459 e. The summed E-state index contributed by atoms with van der Waals surface area (Å²) >= 11 is 2.28. The molecular weight excluding hydrogens is 305 g/mol. The SMILES string of the molecule is COCc1c(CN)oc2ccc(I)cc12. The van der Waals surface area contributed by atoms with E-state index in [0.717, 1.165) is 22.3 Å². The van der Waals surface area contributed by atoms with Crippen molar-refractivity contribution in [1.29, 1.82) is 0 Å². The highest BCUT2D eigenvalue weighted by atomic mass is 127. The Balaban J connectivity index is 2.65. The van der Waals surface area contributed by atoms with E-state index >= 15 is 0 Å². The first-order valence-corrected chi connectivity index (χ1v) is 5.73. The summed E-state index contributed by atoms with van der Waals surface area (Å²) in [5, 5.41) is 1.10. The molecule has 15 heavy (non-hydrogen) atoms. The molecule has 2 rings (SSSR count). The van der Waals surface area contributed by atoms with Crippen molar-refractivity contribution >= 4 is 33.6 Å². The van der Waals surface area contributed by atoms with Crippen LogP contribution in [0.4, 0.5) is 0 Å². The average molecular weight is 317 g/mol. The van der Waals surface area contributed by atoms with Gasteiger partial charge < -0.3 is 14.9 Å². The summed E-state index contributed by atoms with van der Waals surface area (Å²) in [5.74, 6) is 0.814. The Morgan fingerprint density at radius 3 is 2.93 bits per heavy atom. The van der Waals surface area contributed by atoms with Gasteiger partial charge in [0.2, 0.25) is 0 Å². The summed E-state index contributed by atoms with van der Waals surface area (Å²) in [6.07, 6.45) is 0. The Morgan fingerprint density at radius 2 is 2.27 bits per heavy atom. The van der Waals surface area contributed by atoms with E-state index < -0.39 is 0 Å². The topological polar surface area (TPSA) is 48.4 Å². The molecule has 0 aliphatic heterocycles. The normalized spacial score (nSPS) is 11.1. The molecule has 4 heteroatoms. The fourth-order valence-electron chi connectivity index (χ4n) is 1.64. The summed E-state index contributed by atoms with van der Waals surface area (Å²) < 4.78 is 12.0. The number of hydrogen-bond donors (Lipinski definition) is 1. The third kappa shape index (κ3) is 2.02. The lowest BCUT2D eigenvalue weighted by Crippen LogP contribution is -1.99. The number of benzene rings is 1. The Kier molecular flexibility index (Phi) is 3.28. The molecule has 2 aromatic rings. The lowest BCUT2D eigenvalue weighted by Gasteiger charge is -1.98. The molecule has 0 fully saturated rings. The monoisotopic (exact) mass is 317 g/mol. The Labute approximate surface area is 102 Å². The lowest BCUT2D eigenvalue weighted by molar-refractivity contribution is 0.184. The van der Waals surface area contributed by atoms with Crippen molar-refractivity contribution < 1.29 is 9.15 Å². The van der Waals surface area contributed by atoms with Crippen LogP contribution < -0.4 is 5.73 Å². The van der Waals surface area contributed by atoms with Crippen molar-refractivity contribution in [2.75, 3.05) is 7.11 Å². The summed E-state index contributed by atoms with van der Waals surface area (Å²) in [5.41, 5.74) is 7.57. The van der Waals surface area contributed by atoms with Gasteiger partial charge in [-0.2, -0.15) is 0 Å².